The molecule has 1 aromatic carbocycles. The van der Waals surface area contributed by atoms with Crippen molar-refractivity contribution in [1.29, 1.82) is 0 Å². The molecule has 6 heteroatoms. The van der Waals surface area contributed by atoms with Crippen molar-refractivity contribution in [1.82, 2.24) is 9.36 Å². The van der Waals surface area contributed by atoms with Crippen molar-refractivity contribution in [2.24, 2.45) is 0 Å². The Labute approximate surface area is 110 Å². The maximum absolute atomic E-state index is 5.82. The molecule has 3 nitrogen and oxygen atoms in total. The Balaban J connectivity index is 1.99. The summed E-state index contributed by atoms with van der Waals surface area (Å²) in [5.74, 6) is 0.743. The monoisotopic (exact) mass is 352 g/mol. The highest BCUT2D eigenvalue weighted by atomic mass is 127. The summed E-state index contributed by atoms with van der Waals surface area (Å²) in [6.07, 6.45) is 0. The summed E-state index contributed by atoms with van der Waals surface area (Å²) in [6.45, 7) is 0.432. The first-order valence-electron chi connectivity index (χ1n) is 4.10. The lowest BCUT2D eigenvalue weighted by Gasteiger charge is -2.02. The fourth-order valence-electron chi connectivity index (χ4n) is 0.995. The smallest absolute Gasteiger partial charge is 0.203 e. The number of benzene rings is 1. The van der Waals surface area contributed by atoms with Crippen molar-refractivity contribution in [3.05, 3.63) is 38.1 Å². The van der Waals surface area contributed by atoms with Gasteiger partial charge in [0.25, 0.3) is 0 Å². The molecule has 1 heterocycles. The second kappa shape index (κ2) is 5.09. The van der Waals surface area contributed by atoms with Gasteiger partial charge >= 0.3 is 0 Å². The van der Waals surface area contributed by atoms with Crippen LogP contribution in [-0.4, -0.2) is 9.36 Å². The van der Waals surface area contributed by atoms with E-state index in [0.29, 0.717) is 11.6 Å². The predicted octanol–water partition coefficient (Wildman–Crippen LogP) is 3.38. The minimum Gasteiger partial charge on any atom is -0.486 e. The molecular weight excluding hydrogens is 347 g/mol. The van der Waals surface area contributed by atoms with Gasteiger partial charge in [0.05, 0.1) is 0 Å². The fraction of sp³-hybridized carbons (Fsp3) is 0.111. The number of ether oxygens (including phenoxy) is 1. The molecule has 78 valence electrons. The van der Waals surface area contributed by atoms with Crippen molar-refractivity contribution in [3.8, 4) is 5.75 Å². The third kappa shape index (κ3) is 3.29. The van der Waals surface area contributed by atoms with Crippen LogP contribution in [0, 0.1) is 3.83 Å². The zero-order valence-electron chi connectivity index (χ0n) is 7.48. The highest BCUT2D eigenvalue weighted by Crippen LogP contribution is 2.18. The van der Waals surface area contributed by atoms with Gasteiger partial charge in [-0.1, -0.05) is 17.7 Å². The largest absolute Gasteiger partial charge is 0.486 e. The van der Waals surface area contributed by atoms with Gasteiger partial charge in [-0.15, -0.1) is 0 Å². The fourth-order valence-corrected chi connectivity index (χ4v) is 2.39. The first kappa shape index (κ1) is 11.1. The lowest BCUT2D eigenvalue weighted by molar-refractivity contribution is 0.305. The van der Waals surface area contributed by atoms with Crippen LogP contribution in [0.25, 0.3) is 0 Å². The summed E-state index contributed by atoms with van der Waals surface area (Å²) in [5, 5.41) is 1.53. The third-order valence-corrected chi connectivity index (χ3v) is 3.33. The predicted molar refractivity (Wildman–Crippen MR) is 68.4 cm³/mol. The highest BCUT2D eigenvalue weighted by molar-refractivity contribution is 14.1. The summed E-state index contributed by atoms with van der Waals surface area (Å²) in [6, 6.07) is 7.29. The van der Waals surface area contributed by atoms with E-state index in [1.54, 1.807) is 6.07 Å². The number of hydrogen-bond acceptors (Lipinski definition) is 4. The zero-order chi connectivity index (χ0) is 10.7. The molecule has 0 saturated carbocycles. The number of halogens is 2. The van der Waals surface area contributed by atoms with E-state index in [2.05, 4.69) is 31.9 Å². The molecule has 0 unspecified atom stereocenters. The normalized spacial score (nSPS) is 10.3. The first-order valence-corrected chi connectivity index (χ1v) is 6.33. The van der Waals surface area contributed by atoms with Crippen LogP contribution in [0.2, 0.25) is 5.02 Å². The molecule has 0 spiro atoms. The molecule has 0 bridgehead atoms. The van der Waals surface area contributed by atoms with Crippen LogP contribution in [-0.2, 0) is 6.61 Å². The van der Waals surface area contributed by atoms with E-state index < -0.39 is 0 Å². The topological polar surface area (TPSA) is 35.0 Å². The van der Waals surface area contributed by atoms with Gasteiger partial charge in [-0.3, -0.25) is 0 Å². The molecule has 0 N–H and O–H groups in total. The van der Waals surface area contributed by atoms with Crippen molar-refractivity contribution < 1.29 is 4.74 Å². The molecule has 0 amide bonds. The Kier molecular flexibility index (Phi) is 3.76. The highest BCUT2D eigenvalue weighted by Gasteiger charge is 2.02. The summed E-state index contributed by atoms with van der Waals surface area (Å²) in [4.78, 5) is 4.18. The van der Waals surface area contributed by atoms with Crippen LogP contribution in [0.4, 0.5) is 0 Å². The number of aromatic nitrogens is 2. The molecule has 2 rings (SSSR count). The summed E-state index contributed by atoms with van der Waals surface area (Å²) in [5.41, 5.74) is 0. The van der Waals surface area contributed by atoms with Gasteiger partial charge < -0.3 is 4.74 Å². The van der Waals surface area contributed by atoms with Gasteiger partial charge in [0, 0.05) is 27.6 Å². The van der Waals surface area contributed by atoms with E-state index in [4.69, 9.17) is 16.3 Å². The summed E-state index contributed by atoms with van der Waals surface area (Å²) < 4.78 is 10.3. The zero-order valence-corrected chi connectivity index (χ0v) is 11.2. The molecule has 0 radical (unpaired) electrons. The van der Waals surface area contributed by atoms with Crippen LogP contribution in [0.5, 0.6) is 5.75 Å². The molecule has 0 fully saturated rings. The van der Waals surface area contributed by atoms with E-state index in [1.165, 1.54) is 11.5 Å². The molecule has 0 aliphatic heterocycles. The van der Waals surface area contributed by atoms with Crippen LogP contribution in [0.15, 0.2) is 24.3 Å². The molecule has 0 saturated heterocycles. The Morgan fingerprint density at radius 3 is 3.00 bits per heavy atom. The second-order valence-corrected chi connectivity index (χ2v) is 4.94. The van der Waals surface area contributed by atoms with Gasteiger partial charge in [0.15, 0.2) is 5.01 Å². The second-order valence-electron chi connectivity index (χ2n) is 2.70. The average Bonchev–Trinajstić information content (AvgIpc) is 2.62. The first-order chi connectivity index (χ1) is 7.24. The standard InChI is InChI=1S/C9H6ClIN2OS/c10-6-2-1-3-7(4-6)14-5-8-12-9(11)13-15-8/h1-4H,5H2. The third-order valence-electron chi connectivity index (χ3n) is 1.60. The van der Waals surface area contributed by atoms with Gasteiger partial charge in [-0.05, 0) is 29.7 Å². The Hall–Kier alpha value is -0.400. The molecule has 2 aromatic rings. The maximum atomic E-state index is 5.82. The molecule has 0 aliphatic carbocycles. The van der Waals surface area contributed by atoms with E-state index in [-0.39, 0.29) is 0 Å². The lowest BCUT2D eigenvalue weighted by atomic mass is 10.3. The molecular formula is C9H6ClIN2OS. The molecule has 0 aliphatic rings. The number of nitrogens with zero attached hydrogens (tertiary/aromatic N) is 2. The van der Waals surface area contributed by atoms with Crippen molar-refractivity contribution in [2.45, 2.75) is 6.61 Å². The van der Waals surface area contributed by atoms with Gasteiger partial charge in [0.1, 0.15) is 12.4 Å². The van der Waals surface area contributed by atoms with Crippen molar-refractivity contribution in [3.63, 3.8) is 0 Å². The molecule has 15 heavy (non-hydrogen) atoms. The van der Waals surface area contributed by atoms with Gasteiger partial charge in [0.2, 0.25) is 3.83 Å². The molecule has 1 aromatic heterocycles. The molecule has 0 atom stereocenters. The van der Waals surface area contributed by atoms with Crippen molar-refractivity contribution >= 4 is 45.7 Å². The van der Waals surface area contributed by atoms with Crippen LogP contribution >= 0.6 is 45.7 Å². The van der Waals surface area contributed by atoms with Crippen molar-refractivity contribution in [2.75, 3.05) is 0 Å². The minimum absolute atomic E-state index is 0.432. The van der Waals surface area contributed by atoms with Gasteiger partial charge in [-0.2, -0.15) is 4.37 Å². The number of hydrogen-bond donors (Lipinski definition) is 0. The Bertz CT molecular complexity index is 463. The van der Waals surface area contributed by atoms with E-state index in [9.17, 15) is 0 Å². The quantitative estimate of drug-likeness (QED) is 0.795. The maximum Gasteiger partial charge on any atom is 0.203 e. The van der Waals surface area contributed by atoms with E-state index in [1.807, 2.05) is 18.2 Å². The number of rotatable bonds is 3. The van der Waals surface area contributed by atoms with Crippen LogP contribution in [0.1, 0.15) is 5.01 Å². The van der Waals surface area contributed by atoms with Crippen LogP contribution < -0.4 is 4.74 Å². The SMILES string of the molecule is Clc1cccc(OCc2nc(I)ns2)c1. The lowest BCUT2D eigenvalue weighted by Crippen LogP contribution is -1.94. The summed E-state index contributed by atoms with van der Waals surface area (Å²) in [7, 11) is 0. The van der Waals surface area contributed by atoms with E-state index >= 15 is 0 Å². The Morgan fingerprint density at radius 2 is 2.33 bits per heavy atom. The minimum atomic E-state index is 0.432. The van der Waals surface area contributed by atoms with Crippen LogP contribution in [0.3, 0.4) is 0 Å². The Morgan fingerprint density at radius 1 is 1.47 bits per heavy atom. The van der Waals surface area contributed by atoms with E-state index in [0.717, 1.165) is 14.6 Å². The average molecular weight is 353 g/mol. The van der Waals surface area contributed by atoms with Gasteiger partial charge in [-0.25, -0.2) is 4.98 Å². The summed E-state index contributed by atoms with van der Waals surface area (Å²) >= 11 is 9.24.